The Morgan fingerprint density at radius 3 is 2.71 bits per heavy atom. The van der Waals surface area contributed by atoms with Crippen LogP contribution in [0.3, 0.4) is 0 Å². The number of benzene rings is 1. The second kappa shape index (κ2) is 3.90. The summed E-state index contributed by atoms with van der Waals surface area (Å²) in [5, 5.41) is 5.22. The Morgan fingerprint density at radius 1 is 1.06 bits per heavy atom. The minimum absolute atomic E-state index is 0.532. The molecule has 3 rings (SSSR count). The van der Waals surface area contributed by atoms with Crippen LogP contribution < -0.4 is 5.73 Å². The molecule has 2 N–H and O–H groups in total. The number of anilines is 1. The van der Waals surface area contributed by atoms with E-state index in [1.807, 2.05) is 35.0 Å². The molecule has 3 aromatic rings. The minimum Gasteiger partial charge on any atom is -0.382 e. The van der Waals surface area contributed by atoms with Crippen molar-refractivity contribution in [3.63, 3.8) is 0 Å². The van der Waals surface area contributed by atoms with E-state index in [1.165, 1.54) is 5.56 Å². The first kappa shape index (κ1) is 9.84. The first-order chi connectivity index (χ1) is 8.34. The van der Waals surface area contributed by atoms with Gasteiger partial charge in [-0.1, -0.05) is 30.3 Å². The second-order valence-electron chi connectivity index (χ2n) is 3.90. The molecule has 2 heterocycles. The van der Waals surface area contributed by atoms with Gasteiger partial charge in [0.1, 0.15) is 0 Å². The van der Waals surface area contributed by atoms with Gasteiger partial charge in [0.25, 0.3) is 0 Å². The summed E-state index contributed by atoms with van der Waals surface area (Å²) in [4.78, 5) is 4.32. The van der Waals surface area contributed by atoms with Gasteiger partial charge in [0, 0.05) is 6.20 Å². The molecule has 0 bridgehead atoms. The highest BCUT2D eigenvalue weighted by Gasteiger charge is 2.08. The Bertz CT molecular complexity index is 643. The molecule has 0 radical (unpaired) electrons. The average molecular weight is 224 g/mol. The molecule has 0 aliphatic rings. The Morgan fingerprint density at radius 2 is 1.88 bits per heavy atom. The molecular formula is C13H12N4. The molecular weight excluding hydrogens is 212 g/mol. The summed E-state index contributed by atoms with van der Waals surface area (Å²) in [6.45, 7) is 0.686. The maximum Gasteiger partial charge on any atom is 0.160 e. The number of nitrogens with zero attached hydrogens (tertiary/aromatic N) is 3. The molecule has 0 saturated heterocycles. The van der Waals surface area contributed by atoms with Gasteiger partial charge in [0.05, 0.1) is 11.9 Å². The van der Waals surface area contributed by atoms with Crippen LogP contribution in [0.15, 0.2) is 48.7 Å². The van der Waals surface area contributed by atoms with Crippen molar-refractivity contribution < 1.29 is 0 Å². The smallest absolute Gasteiger partial charge is 0.160 e. The monoisotopic (exact) mass is 224 g/mol. The number of rotatable bonds is 2. The number of hydrogen-bond donors (Lipinski definition) is 1. The van der Waals surface area contributed by atoms with Gasteiger partial charge in [0.15, 0.2) is 11.5 Å². The molecule has 0 spiro atoms. The van der Waals surface area contributed by atoms with Crippen LogP contribution in [-0.2, 0) is 6.54 Å². The average Bonchev–Trinajstić information content (AvgIpc) is 2.69. The van der Waals surface area contributed by atoms with Crippen molar-refractivity contribution in [3.8, 4) is 0 Å². The lowest BCUT2D eigenvalue weighted by molar-refractivity contribution is 0.708. The van der Waals surface area contributed by atoms with Crippen molar-refractivity contribution in [2.75, 3.05) is 5.73 Å². The molecule has 17 heavy (non-hydrogen) atoms. The van der Waals surface area contributed by atoms with Crippen LogP contribution in [0.5, 0.6) is 0 Å². The highest BCUT2D eigenvalue weighted by molar-refractivity contribution is 5.86. The Kier molecular flexibility index (Phi) is 2.26. The predicted molar refractivity (Wildman–Crippen MR) is 67.5 cm³/mol. The molecule has 0 unspecified atom stereocenters. The zero-order valence-corrected chi connectivity index (χ0v) is 9.24. The first-order valence-electron chi connectivity index (χ1n) is 5.45. The van der Waals surface area contributed by atoms with Crippen LogP contribution in [0.2, 0.25) is 0 Å². The molecule has 84 valence electrons. The maximum absolute atomic E-state index is 5.86. The minimum atomic E-state index is 0.532. The standard InChI is InChI=1S/C13H12N4/c14-12-11-7-4-8-15-13(11)17(16-12)9-10-5-2-1-3-6-10/h1-8H,9H2,(H2,14,16). The van der Waals surface area contributed by atoms with Crippen LogP contribution in [-0.4, -0.2) is 14.8 Å². The Balaban J connectivity index is 2.07. The predicted octanol–water partition coefficient (Wildman–Crippen LogP) is 2.06. The summed E-state index contributed by atoms with van der Waals surface area (Å²) in [6.07, 6.45) is 1.75. The van der Waals surface area contributed by atoms with E-state index in [4.69, 9.17) is 5.73 Å². The number of nitrogens with two attached hydrogens (primary N) is 1. The van der Waals surface area contributed by atoms with Crippen molar-refractivity contribution in [2.45, 2.75) is 6.54 Å². The van der Waals surface area contributed by atoms with E-state index in [0.29, 0.717) is 12.4 Å². The van der Waals surface area contributed by atoms with Gasteiger partial charge >= 0.3 is 0 Å². The van der Waals surface area contributed by atoms with Crippen molar-refractivity contribution in [1.82, 2.24) is 14.8 Å². The molecule has 0 fully saturated rings. The zero-order valence-electron chi connectivity index (χ0n) is 9.24. The molecule has 4 nitrogen and oxygen atoms in total. The summed E-state index contributed by atoms with van der Waals surface area (Å²) < 4.78 is 1.83. The van der Waals surface area contributed by atoms with Crippen LogP contribution in [0.25, 0.3) is 11.0 Å². The third-order valence-electron chi connectivity index (χ3n) is 2.71. The fourth-order valence-electron chi connectivity index (χ4n) is 1.90. The van der Waals surface area contributed by atoms with Gasteiger partial charge in [-0.3, -0.25) is 0 Å². The maximum atomic E-state index is 5.86. The van der Waals surface area contributed by atoms with Crippen LogP contribution in [0, 0.1) is 0 Å². The summed E-state index contributed by atoms with van der Waals surface area (Å²) in [7, 11) is 0. The van der Waals surface area contributed by atoms with Gasteiger partial charge < -0.3 is 5.73 Å². The topological polar surface area (TPSA) is 56.7 Å². The number of pyridine rings is 1. The second-order valence-corrected chi connectivity index (χ2v) is 3.90. The largest absolute Gasteiger partial charge is 0.382 e. The van der Waals surface area contributed by atoms with Gasteiger partial charge in [-0.2, -0.15) is 5.10 Å². The summed E-state index contributed by atoms with van der Waals surface area (Å²) >= 11 is 0. The summed E-state index contributed by atoms with van der Waals surface area (Å²) in [5.74, 6) is 0.532. The number of aromatic nitrogens is 3. The van der Waals surface area contributed by atoms with Gasteiger partial charge in [-0.25, -0.2) is 9.67 Å². The summed E-state index contributed by atoms with van der Waals surface area (Å²) in [6, 6.07) is 14.0. The molecule has 0 amide bonds. The van der Waals surface area contributed by atoms with Crippen molar-refractivity contribution in [2.24, 2.45) is 0 Å². The molecule has 0 saturated carbocycles. The number of fused-ring (bicyclic) bond motifs is 1. The fraction of sp³-hybridized carbons (Fsp3) is 0.0769. The zero-order chi connectivity index (χ0) is 11.7. The Labute approximate surface area is 98.7 Å². The van der Waals surface area contributed by atoms with Gasteiger partial charge in [-0.15, -0.1) is 0 Å². The normalized spacial score (nSPS) is 10.8. The lowest BCUT2D eigenvalue weighted by Gasteiger charge is -2.02. The highest BCUT2D eigenvalue weighted by Crippen LogP contribution is 2.18. The Hall–Kier alpha value is -2.36. The SMILES string of the molecule is Nc1nn(Cc2ccccc2)c2ncccc12. The fourth-order valence-corrected chi connectivity index (χ4v) is 1.90. The highest BCUT2D eigenvalue weighted by atomic mass is 15.3. The lowest BCUT2D eigenvalue weighted by atomic mass is 10.2. The van der Waals surface area contributed by atoms with E-state index in [1.54, 1.807) is 6.20 Å². The molecule has 0 atom stereocenters. The van der Waals surface area contributed by atoms with E-state index in [2.05, 4.69) is 22.2 Å². The molecule has 2 aromatic heterocycles. The van der Waals surface area contributed by atoms with Crippen molar-refractivity contribution in [1.29, 1.82) is 0 Å². The molecule has 1 aromatic carbocycles. The van der Waals surface area contributed by atoms with Crippen LogP contribution in [0.4, 0.5) is 5.82 Å². The van der Waals surface area contributed by atoms with Gasteiger partial charge in [-0.05, 0) is 17.7 Å². The molecule has 0 aliphatic heterocycles. The van der Waals surface area contributed by atoms with Crippen LogP contribution in [0.1, 0.15) is 5.56 Å². The van der Waals surface area contributed by atoms with E-state index >= 15 is 0 Å². The van der Waals surface area contributed by atoms with E-state index < -0.39 is 0 Å². The number of nitrogen functional groups attached to an aromatic ring is 1. The van der Waals surface area contributed by atoms with Gasteiger partial charge in [0.2, 0.25) is 0 Å². The quantitative estimate of drug-likeness (QED) is 0.724. The van der Waals surface area contributed by atoms with E-state index in [9.17, 15) is 0 Å². The van der Waals surface area contributed by atoms with Crippen molar-refractivity contribution in [3.05, 3.63) is 54.2 Å². The van der Waals surface area contributed by atoms with Crippen LogP contribution >= 0.6 is 0 Å². The van der Waals surface area contributed by atoms with Crippen molar-refractivity contribution >= 4 is 16.9 Å². The number of hydrogen-bond acceptors (Lipinski definition) is 3. The van der Waals surface area contributed by atoms with E-state index in [-0.39, 0.29) is 0 Å². The molecule has 0 aliphatic carbocycles. The lowest BCUT2D eigenvalue weighted by Crippen LogP contribution is -2.02. The third-order valence-corrected chi connectivity index (χ3v) is 2.71. The molecule has 4 heteroatoms. The summed E-state index contributed by atoms with van der Waals surface area (Å²) in [5.41, 5.74) is 7.87. The van der Waals surface area contributed by atoms with E-state index in [0.717, 1.165) is 11.0 Å². The third kappa shape index (κ3) is 1.73. The first-order valence-corrected chi connectivity index (χ1v) is 5.45.